The number of rotatable bonds is 1. The van der Waals surface area contributed by atoms with Crippen LogP contribution in [0.4, 0.5) is 5.69 Å². The molecule has 0 aliphatic carbocycles. The van der Waals surface area contributed by atoms with Crippen molar-refractivity contribution < 1.29 is 9.53 Å². The molecule has 1 aromatic carbocycles. The number of benzene rings is 1. The molecule has 0 fully saturated rings. The maximum atomic E-state index is 11.2. The average Bonchev–Trinajstić information content (AvgIpc) is 2.27. The minimum absolute atomic E-state index is 0.289. The lowest BCUT2D eigenvalue weighted by atomic mass is 10.0. The smallest absolute Gasteiger partial charge is 0.337 e. The highest BCUT2D eigenvalue weighted by atomic mass is 16.5. The number of carbonyl (C=O) groups excluding carboxylic acids is 1. The Balaban J connectivity index is 2.39. The van der Waals surface area contributed by atoms with E-state index in [1.165, 1.54) is 7.11 Å². The Bertz CT molecular complexity index is 396. The Morgan fingerprint density at radius 1 is 1.50 bits per heavy atom. The van der Waals surface area contributed by atoms with Crippen molar-refractivity contribution in [2.24, 2.45) is 4.99 Å². The fraction of sp³-hybridized carbons (Fsp3) is 0.273. The third kappa shape index (κ3) is 1.53. The minimum atomic E-state index is -0.289. The van der Waals surface area contributed by atoms with Crippen molar-refractivity contribution >= 4 is 17.9 Å². The quantitative estimate of drug-likeness (QED) is 0.635. The predicted molar refractivity (Wildman–Crippen MR) is 54.3 cm³/mol. The summed E-state index contributed by atoms with van der Waals surface area (Å²) >= 11 is 0. The zero-order valence-corrected chi connectivity index (χ0v) is 7.99. The summed E-state index contributed by atoms with van der Waals surface area (Å²) in [6.45, 7) is 0. The molecule has 0 bridgehead atoms. The second kappa shape index (κ2) is 3.62. The van der Waals surface area contributed by atoms with Gasteiger partial charge < -0.3 is 4.74 Å². The van der Waals surface area contributed by atoms with Crippen LogP contribution in [0.2, 0.25) is 0 Å². The van der Waals surface area contributed by atoms with Crippen molar-refractivity contribution in [3.63, 3.8) is 0 Å². The zero-order chi connectivity index (χ0) is 9.97. The van der Waals surface area contributed by atoms with E-state index in [0.29, 0.717) is 5.56 Å². The first kappa shape index (κ1) is 8.94. The summed E-state index contributed by atoms with van der Waals surface area (Å²) in [5.74, 6) is -0.289. The van der Waals surface area contributed by atoms with Crippen LogP contribution in [0.5, 0.6) is 0 Å². The summed E-state index contributed by atoms with van der Waals surface area (Å²) in [6.07, 6.45) is 3.79. The van der Waals surface area contributed by atoms with Gasteiger partial charge in [-0.25, -0.2) is 4.79 Å². The van der Waals surface area contributed by atoms with E-state index in [-0.39, 0.29) is 5.97 Å². The molecule has 1 aromatic rings. The second-order valence-corrected chi connectivity index (χ2v) is 3.19. The van der Waals surface area contributed by atoms with Crippen molar-refractivity contribution in [2.45, 2.75) is 12.8 Å². The molecule has 14 heavy (non-hydrogen) atoms. The minimum Gasteiger partial charge on any atom is -0.465 e. The van der Waals surface area contributed by atoms with E-state index in [0.717, 1.165) is 24.1 Å². The maximum absolute atomic E-state index is 11.2. The molecule has 0 atom stereocenters. The Kier molecular flexibility index (Phi) is 2.31. The van der Waals surface area contributed by atoms with Crippen LogP contribution in [-0.4, -0.2) is 19.3 Å². The van der Waals surface area contributed by atoms with Crippen LogP contribution in [0.25, 0.3) is 0 Å². The van der Waals surface area contributed by atoms with Crippen LogP contribution < -0.4 is 0 Å². The van der Waals surface area contributed by atoms with Gasteiger partial charge >= 0.3 is 5.97 Å². The van der Waals surface area contributed by atoms with Crippen LogP contribution in [0, 0.1) is 0 Å². The standard InChI is InChI=1S/C11H11NO2/c1-14-11(13)9-4-5-10-8(7-9)3-2-6-12-10/h4-7H,2-3H2,1H3. The van der Waals surface area contributed by atoms with Gasteiger partial charge in [0.05, 0.1) is 18.4 Å². The van der Waals surface area contributed by atoms with Crippen LogP contribution in [-0.2, 0) is 11.2 Å². The third-order valence-corrected chi connectivity index (χ3v) is 2.27. The molecule has 72 valence electrons. The van der Waals surface area contributed by atoms with Gasteiger partial charge in [-0.15, -0.1) is 0 Å². The lowest BCUT2D eigenvalue weighted by molar-refractivity contribution is 0.0600. The Morgan fingerprint density at radius 2 is 2.36 bits per heavy atom. The molecule has 0 spiro atoms. The summed E-state index contributed by atoms with van der Waals surface area (Å²) in [4.78, 5) is 15.5. The molecule has 1 aliphatic rings. The number of hydrogen-bond donors (Lipinski definition) is 0. The van der Waals surface area contributed by atoms with Crippen molar-refractivity contribution in [2.75, 3.05) is 7.11 Å². The summed E-state index contributed by atoms with van der Waals surface area (Å²) in [7, 11) is 1.39. The average molecular weight is 189 g/mol. The number of nitrogens with zero attached hydrogens (tertiary/aromatic N) is 1. The Labute approximate surface area is 82.4 Å². The van der Waals surface area contributed by atoms with Crippen molar-refractivity contribution in [3.8, 4) is 0 Å². The molecule has 3 nitrogen and oxygen atoms in total. The van der Waals surface area contributed by atoms with Gasteiger partial charge in [0, 0.05) is 6.21 Å². The van der Waals surface area contributed by atoms with Gasteiger partial charge in [0.2, 0.25) is 0 Å². The summed E-state index contributed by atoms with van der Waals surface area (Å²) in [5.41, 5.74) is 2.68. The van der Waals surface area contributed by atoms with Crippen molar-refractivity contribution in [1.82, 2.24) is 0 Å². The molecule has 1 heterocycles. The van der Waals surface area contributed by atoms with Crippen molar-refractivity contribution in [3.05, 3.63) is 29.3 Å². The molecule has 1 aliphatic heterocycles. The molecule has 2 rings (SSSR count). The molecule has 0 saturated heterocycles. The van der Waals surface area contributed by atoms with Gasteiger partial charge in [-0.3, -0.25) is 4.99 Å². The monoisotopic (exact) mass is 189 g/mol. The first-order valence-electron chi connectivity index (χ1n) is 4.55. The Hall–Kier alpha value is -1.64. The zero-order valence-electron chi connectivity index (χ0n) is 7.99. The number of aryl methyl sites for hydroxylation is 1. The van der Waals surface area contributed by atoms with Crippen LogP contribution in [0.1, 0.15) is 22.3 Å². The lowest BCUT2D eigenvalue weighted by Crippen LogP contribution is -2.03. The third-order valence-electron chi connectivity index (χ3n) is 2.27. The van der Waals surface area contributed by atoms with Gasteiger partial charge in [0.25, 0.3) is 0 Å². The number of carbonyl (C=O) groups is 1. The molecule has 0 N–H and O–H groups in total. The first-order chi connectivity index (χ1) is 6.81. The molecular weight excluding hydrogens is 178 g/mol. The van der Waals surface area contributed by atoms with Crippen LogP contribution in [0.3, 0.4) is 0 Å². The number of hydrogen-bond acceptors (Lipinski definition) is 3. The normalized spacial score (nSPS) is 13.5. The molecule has 0 amide bonds. The van der Waals surface area contributed by atoms with E-state index in [1.807, 2.05) is 18.3 Å². The topological polar surface area (TPSA) is 38.7 Å². The van der Waals surface area contributed by atoms with E-state index < -0.39 is 0 Å². The van der Waals surface area contributed by atoms with Crippen molar-refractivity contribution in [1.29, 1.82) is 0 Å². The second-order valence-electron chi connectivity index (χ2n) is 3.19. The van der Waals surface area contributed by atoms with E-state index in [9.17, 15) is 4.79 Å². The molecule has 0 unspecified atom stereocenters. The summed E-state index contributed by atoms with van der Waals surface area (Å²) < 4.78 is 4.65. The lowest BCUT2D eigenvalue weighted by Gasteiger charge is -2.10. The van der Waals surface area contributed by atoms with Gasteiger partial charge in [0.1, 0.15) is 0 Å². The van der Waals surface area contributed by atoms with Gasteiger partial charge in [0.15, 0.2) is 0 Å². The number of esters is 1. The van der Waals surface area contributed by atoms with Gasteiger partial charge in [-0.05, 0) is 36.6 Å². The number of methoxy groups -OCH3 is 1. The molecule has 0 radical (unpaired) electrons. The fourth-order valence-electron chi connectivity index (χ4n) is 1.54. The van der Waals surface area contributed by atoms with E-state index in [4.69, 9.17) is 0 Å². The summed E-state index contributed by atoms with van der Waals surface area (Å²) in [5, 5.41) is 0. The number of fused-ring (bicyclic) bond motifs is 1. The molecule has 0 aromatic heterocycles. The van der Waals surface area contributed by atoms with Crippen LogP contribution in [0.15, 0.2) is 23.2 Å². The highest BCUT2D eigenvalue weighted by Gasteiger charge is 2.10. The highest BCUT2D eigenvalue weighted by Crippen LogP contribution is 2.24. The van der Waals surface area contributed by atoms with Gasteiger partial charge in [-0.1, -0.05) is 0 Å². The number of ether oxygens (including phenoxy) is 1. The fourth-order valence-corrected chi connectivity index (χ4v) is 1.54. The summed E-state index contributed by atoms with van der Waals surface area (Å²) in [6, 6.07) is 5.46. The predicted octanol–water partition coefficient (Wildman–Crippen LogP) is 2.12. The number of aliphatic imine (C=N–C) groups is 1. The van der Waals surface area contributed by atoms with E-state index in [2.05, 4.69) is 9.73 Å². The molecular formula is C11H11NO2. The van der Waals surface area contributed by atoms with Crippen LogP contribution >= 0.6 is 0 Å². The molecule has 3 heteroatoms. The maximum Gasteiger partial charge on any atom is 0.337 e. The van der Waals surface area contributed by atoms with Gasteiger partial charge in [-0.2, -0.15) is 0 Å². The highest BCUT2D eigenvalue weighted by molar-refractivity contribution is 5.90. The van der Waals surface area contributed by atoms with E-state index >= 15 is 0 Å². The van der Waals surface area contributed by atoms with E-state index in [1.54, 1.807) is 6.07 Å². The first-order valence-corrected chi connectivity index (χ1v) is 4.55. The largest absolute Gasteiger partial charge is 0.465 e. The SMILES string of the molecule is COC(=O)c1ccc2c(c1)CCC=N2. The Morgan fingerprint density at radius 3 is 3.14 bits per heavy atom. The molecule has 0 saturated carbocycles.